The highest BCUT2D eigenvalue weighted by atomic mass is 79.9. The summed E-state index contributed by atoms with van der Waals surface area (Å²) in [6, 6.07) is 43.6. The van der Waals surface area contributed by atoms with Crippen LogP contribution in [0.1, 0.15) is 52.7 Å². The Bertz CT molecular complexity index is 4640. The minimum absolute atomic E-state index is 0.0590. The molecule has 0 aliphatic carbocycles. The predicted octanol–water partition coefficient (Wildman–Crippen LogP) is 19.8. The first-order valence-corrected chi connectivity index (χ1v) is 24.4. The Labute approximate surface area is 383 Å². The molecular weight excluding hydrogens is 904 g/mol. The Hall–Kier alpha value is -6.06. The minimum Gasteiger partial charge on any atom is -0.0616 e. The zero-order valence-electron chi connectivity index (χ0n) is 36.1. The van der Waals surface area contributed by atoms with Gasteiger partial charge in [0.1, 0.15) is 0 Å². The summed E-state index contributed by atoms with van der Waals surface area (Å²) in [5.41, 5.74) is 2.64. The van der Waals surface area contributed by atoms with Crippen LogP contribution in [0.25, 0.3) is 172 Å². The number of fused-ring (bicyclic) bond motifs is 10. The zero-order chi connectivity index (χ0) is 42.5. The van der Waals surface area contributed by atoms with E-state index in [0.717, 1.165) is 0 Å². The fourth-order valence-corrected chi connectivity index (χ4v) is 15.4. The molecule has 0 aliphatic rings. The van der Waals surface area contributed by atoms with Crippen LogP contribution in [-0.2, 0) is 10.8 Å². The number of rotatable bonds is 0. The van der Waals surface area contributed by atoms with Gasteiger partial charge in [0.2, 0.25) is 0 Å². The standard InChI is InChI=1S/C62H36Br2/c1-61(2,3)25-19-35-36-20-26(62(4,5)6)22-38-40-24-42(64)46-30-14-10-8-12-28(30)32-16-18-34-33-17-15-31-27-11-7-9-13-29(27)45-41(63)23-39-37(21-25)43(35)53-54(44(36)38)60-52(40)56(46)48(32)50(34)58(60)57-49(33)47(31)55(45)51(39)59(53)57/h7-24H,1-6H3. The van der Waals surface area contributed by atoms with E-state index in [2.05, 4.69) is 183 Å². The second-order valence-electron chi connectivity index (χ2n) is 21.6. The average Bonchev–Trinajstić information content (AvgIpc) is 3.28. The molecule has 0 radical (unpaired) electrons. The Morgan fingerprint density at radius 3 is 0.797 bits per heavy atom. The van der Waals surface area contributed by atoms with Crippen molar-refractivity contribution in [2.24, 2.45) is 0 Å². The molecule has 0 saturated heterocycles. The van der Waals surface area contributed by atoms with Crippen molar-refractivity contribution in [3.05, 3.63) is 129 Å². The van der Waals surface area contributed by atoms with Crippen molar-refractivity contribution in [1.82, 2.24) is 0 Å². The second-order valence-corrected chi connectivity index (χ2v) is 23.3. The van der Waals surface area contributed by atoms with E-state index < -0.39 is 0 Å². The summed E-state index contributed by atoms with van der Waals surface area (Å²) in [5, 5.41) is 44.5. The van der Waals surface area contributed by atoms with Gasteiger partial charge in [0, 0.05) is 30.5 Å². The highest BCUT2D eigenvalue weighted by Gasteiger charge is 2.35. The maximum absolute atomic E-state index is 4.32. The van der Waals surface area contributed by atoms with E-state index in [1.54, 1.807) is 0 Å². The maximum Gasteiger partial charge on any atom is 0.0266 e. The quantitative estimate of drug-likeness (QED) is 0.105. The van der Waals surface area contributed by atoms with Gasteiger partial charge in [-0.05, 0) is 209 Å². The molecule has 17 aromatic carbocycles. The van der Waals surface area contributed by atoms with Crippen LogP contribution in [0.15, 0.2) is 118 Å². The molecule has 17 aromatic rings. The maximum atomic E-state index is 4.32. The molecule has 0 fully saturated rings. The molecule has 0 saturated carbocycles. The van der Waals surface area contributed by atoms with Crippen LogP contribution >= 0.6 is 31.9 Å². The Morgan fingerprint density at radius 1 is 0.234 bits per heavy atom. The van der Waals surface area contributed by atoms with E-state index in [1.807, 2.05) is 0 Å². The lowest BCUT2D eigenvalue weighted by molar-refractivity contribution is 0.591. The van der Waals surface area contributed by atoms with E-state index in [4.69, 9.17) is 0 Å². The van der Waals surface area contributed by atoms with E-state index in [-0.39, 0.29) is 10.8 Å². The minimum atomic E-state index is -0.0590. The van der Waals surface area contributed by atoms with Crippen LogP contribution in [0.3, 0.4) is 0 Å². The number of hydrogen-bond acceptors (Lipinski definition) is 0. The van der Waals surface area contributed by atoms with Crippen molar-refractivity contribution in [1.29, 1.82) is 0 Å². The van der Waals surface area contributed by atoms with Crippen molar-refractivity contribution in [2.75, 3.05) is 0 Å². The average molecular weight is 941 g/mol. The van der Waals surface area contributed by atoms with E-state index in [9.17, 15) is 0 Å². The van der Waals surface area contributed by atoms with Gasteiger partial charge in [-0.2, -0.15) is 0 Å². The summed E-state index contributed by atoms with van der Waals surface area (Å²) in [5.74, 6) is 0. The Morgan fingerprint density at radius 2 is 0.469 bits per heavy atom. The summed E-state index contributed by atoms with van der Waals surface area (Å²) >= 11 is 8.63. The first kappa shape index (κ1) is 34.4. The van der Waals surface area contributed by atoms with Gasteiger partial charge >= 0.3 is 0 Å². The van der Waals surface area contributed by atoms with Gasteiger partial charge in [0.15, 0.2) is 0 Å². The normalized spacial score (nSPS) is 14.2. The van der Waals surface area contributed by atoms with Crippen LogP contribution in [0, 0.1) is 0 Å². The Balaban J connectivity index is 1.36. The fourth-order valence-electron chi connectivity index (χ4n) is 14.1. The monoisotopic (exact) mass is 938 g/mol. The number of halogens is 2. The summed E-state index contributed by atoms with van der Waals surface area (Å²) < 4.78 is 2.35. The lowest BCUT2D eigenvalue weighted by Gasteiger charge is -2.32. The molecular formula is C62H36Br2. The number of hydrogen-bond donors (Lipinski definition) is 0. The topological polar surface area (TPSA) is 0 Å². The van der Waals surface area contributed by atoms with Gasteiger partial charge in [-0.1, -0.05) is 146 Å². The van der Waals surface area contributed by atoms with Gasteiger partial charge in [-0.15, -0.1) is 0 Å². The van der Waals surface area contributed by atoms with E-state index in [1.165, 1.54) is 192 Å². The van der Waals surface area contributed by atoms with Gasteiger partial charge in [0.05, 0.1) is 0 Å². The molecule has 0 atom stereocenters. The van der Waals surface area contributed by atoms with Crippen molar-refractivity contribution >= 4 is 204 Å². The van der Waals surface area contributed by atoms with Gasteiger partial charge < -0.3 is 0 Å². The molecule has 0 N–H and O–H groups in total. The van der Waals surface area contributed by atoms with Crippen LogP contribution in [0.2, 0.25) is 0 Å². The van der Waals surface area contributed by atoms with Crippen molar-refractivity contribution in [3.8, 4) is 0 Å². The van der Waals surface area contributed by atoms with Crippen molar-refractivity contribution in [2.45, 2.75) is 52.4 Å². The molecule has 0 unspecified atom stereocenters. The van der Waals surface area contributed by atoms with E-state index >= 15 is 0 Å². The third kappa shape index (κ3) is 3.43. The molecule has 0 heterocycles. The third-order valence-electron chi connectivity index (χ3n) is 16.6. The molecule has 0 spiro atoms. The SMILES string of the molecule is CC(C)(C)c1cc2c3cc(C(C)(C)C)cc4c5cc(Br)c6c7ccccc7c7ccc8c9ccc%10c%11ccccc%11c%11c(Br)cc%12c(c1)c2c1c(c34)c2c5c6c7c8c2c2c9c%10c%11c%12c12. The van der Waals surface area contributed by atoms with Crippen LogP contribution in [-0.4, -0.2) is 0 Å². The first-order valence-electron chi connectivity index (χ1n) is 22.8. The van der Waals surface area contributed by atoms with Gasteiger partial charge in [-0.25, -0.2) is 0 Å². The lowest BCUT2D eigenvalue weighted by Crippen LogP contribution is -2.12. The molecule has 0 nitrogen and oxygen atoms in total. The first-order chi connectivity index (χ1) is 30.9. The molecule has 2 heteroatoms. The molecule has 0 amide bonds. The molecule has 298 valence electrons. The molecule has 0 aliphatic heterocycles. The number of benzene rings is 17. The summed E-state index contributed by atoms with van der Waals surface area (Å²) in [7, 11) is 0. The lowest BCUT2D eigenvalue weighted by atomic mass is 9.70. The van der Waals surface area contributed by atoms with Crippen LogP contribution < -0.4 is 0 Å². The third-order valence-corrected chi connectivity index (χ3v) is 17.9. The molecule has 64 heavy (non-hydrogen) atoms. The Kier molecular flexibility index (Phi) is 5.50. The predicted molar refractivity (Wildman–Crippen MR) is 289 cm³/mol. The van der Waals surface area contributed by atoms with E-state index in [0.29, 0.717) is 0 Å². The molecule has 17 rings (SSSR count). The van der Waals surface area contributed by atoms with Crippen molar-refractivity contribution in [3.63, 3.8) is 0 Å². The highest BCUT2D eigenvalue weighted by molar-refractivity contribution is 9.11. The summed E-state index contributed by atoms with van der Waals surface area (Å²) in [6.45, 7) is 14.3. The van der Waals surface area contributed by atoms with Gasteiger partial charge in [0.25, 0.3) is 0 Å². The zero-order valence-corrected chi connectivity index (χ0v) is 39.3. The van der Waals surface area contributed by atoms with Crippen molar-refractivity contribution < 1.29 is 0 Å². The molecule has 0 bridgehead atoms. The van der Waals surface area contributed by atoms with Gasteiger partial charge in [-0.3, -0.25) is 0 Å². The fraction of sp³-hybridized carbons (Fsp3) is 0.129. The summed E-state index contributed by atoms with van der Waals surface area (Å²) in [4.78, 5) is 0. The highest BCUT2D eigenvalue weighted by Crippen LogP contribution is 2.64. The smallest absolute Gasteiger partial charge is 0.0266 e. The molecule has 0 aromatic heterocycles. The second kappa shape index (κ2) is 10.2. The summed E-state index contributed by atoms with van der Waals surface area (Å²) in [6.07, 6.45) is 0. The van der Waals surface area contributed by atoms with Crippen LogP contribution in [0.5, 0.6) is 0 Å². The van der Waals surface area contributed by atoms with Crippen LogP contribution in [0.4, 0.5) is 0 Å². The largest absolute Gasteiger partial charge is 0.0616 e.